The predicted molar refractivity (Wildman–Crippen MR) is 180 cm³/mol. The van der Waals surface area contributed by atoms with Crippen molar-refractivity contribution >= 4 is 28.5 Å². The first kappa shape index (κ1) is 31.0. The molecule has 3 saturated carbocycles. The Morgan fingerprint density at radius 2 is 1.91 bits per heavy atom. The van der Waals surface area contributed by atoms with Crippen LogP contribution in [0.4, 0.5) is 10.1 Å². The van der Waals surface area contributed by atoms with Crippen molar-refractivity contribution in [2.75, 3.05) is 18.4 Å². The molecule has 4 aliphatic rings. The Kier molecular flexibility index (Phi) is 8.01. The lowest BCUT2D eigenvalue weighted by Crippen LogP contribution is -2.58. The molecule has 0 radical (unpaired) electrons. The van der Waals surface area contributed by atoms with Gasteiger partial charge in [0, 0.05) is 37.2 Å². The van der Waals surface area contributed by atoms with E-state index in [4.69, 9.17) is 9.98 Å². The average Bonchev–Trinajstić information content (AvgIpc) is 3.05. The summed E-state index contributed by atoms with van der Waals surface area (Å²) >= 11 is 0. The number of fused-ring (bicyclic) bond motifs is 3. The van der Waals surface area contributed by atoms with Gasteiger partial charge in [-0.1, -0.05) is 32.9 Å². The highest BCUT2D eigenvalue weighted by atomic mass is 19.1. The van der Waals surface area contributed by atoms with Crippen molar-refractivity contribution in [2.45, 2.75) is 65.6 Å². The maximum Gasteiger partial charge on any atom is 0.261 e. The first-order valence-electron chi connectivity index (χ1n) is 16.5. The Bertz CT molecular complexity index is 1890. The third kappa shape index (κ3) is 5.99. The number of amides is 1. The monoisotopic (exact) mass is 636 g/mol. The third-order valence-corrected chi connectivity index (χ3v) is 10.7. The lowest BCUT2D eigenvalue weighted by Gasteiger charge is -2.61. The Morgan fingerprint density at radius 3 is 2.62 bits per heavy atom. The van der Waals surface area contributed by atoms with Crippen molar-refractivity contribution in [2.24, 2.45) is 28.2 Å². The third-order valence-electron chi connectivity index (χ3n) is 10.7. The quantitative estimate of drug-likeness (QED) is 0.229. The second kappa shape index (κ2) is 12.2. The number of aliphatic imine (C=N–C) groups is 1. The number of rotatable bonds is 6. The lowest BCUT2D eigenvalue weighted by molar-refractivity contribution is -0.124. The van der Waals surface area contributed by atoms with E-state index >= 15 is 0 Å². The predicted octanol–water partition coefficient (Wildman–Crippen LogP) is 4.89. The molecule has 2 bridgehead atoms. The van der Waals surface area contributed by atoms with Crippen LogP contribution in [0.3, 0.4) is 0 Å². The van der Waals surface area contributed by atoms with Crippen LogP contribution in [0.15, 0.2) is 70.8 Å². The molecule has 5 atom stereocenters. The molecule has 1 aliphatic heterocycles. The number of aryl methyl sites for hydroxylation is 1. The fraction of sp³-hybridized carbons (Fsp3) is 0.444. The molecule has 244 valence electrons. The number of guanidine groups is 1. The molecule has 1 unspecified atom stereocenters. The summed E-state index contributed by atoms with van der Waals surface area (Å²) in [6, 6.07) is 11.9. The Morgan fingerprint density at radius 1 is 1.11 bits per heavy atom. The second-order valence-electron chi connectivity index (χ2n) is 14.0. The molecular weight excluding hydrogens is 595 g/mol. The van der Waals surface area contributed by atoms with E-state index in [0.717, 1.165) is 17.7 Å². The number of carbonyl (C=O) groups is 1. The summed E-state index contributed by atoms with van der Waals surface area (Å²) in [6.07, 6.45) is 7.55. The summed E-state index contributed by atoms with van der Waals surface area (Å²) < 4.78 is 15.1. The highest BCUT2D eigenvalue weighted by molar-refractivity contribution is 5.98. The summed E-state index contributed by atoms with van der Waals surface area (Å²) in [5, 5.41) is 7.01. The van der Waals surface area contributed by atoms with Crippen molar-refractivity contribution in [3.8, 4) is 11.5 Å². The van der Waals surface area contributed by atoms with Gasteiger partial charge in [-0.25, -0.2) is 19.4 Å². The minimum Gasteiger partial charge on any atom is -0.350 e. The minimum atomic E-state index is -0.303. The lowest BCUT2D eigenvalue weighted by atomic mass is 9.45. The molecule has 8 rings (SSSR count). The van der Waals surface area contributed by atoms with Gasteiger partial charge in [-0.15, -0.1) is 0 Å². The molecular formula is C36H41FN8O2. The Hall–Kier alpha value is -4.67. The van der Waals surface area contributed by atoms with Gasteiger partial charge in [-0.3, -0.25) is 19.1 Å². The molecule has 3 heterocycles. The molecule has 47 heavy (non-hydrogen) atoms. The van der Waals surface area contributed by atoms with Crippen molar-refractivity contribution in [1.29, 1.82) is 0 Å². The standard InChI is InChI=1S/C36H41FN8O2/c1-21-19-44(20-32(46)40-21)35(43-29-16-24-15-28(22(29)2)36(24,3)4)41-26-9-10-27-30(17-26)42-33(31-18-38-12-13-39-31)45(34(27)47)14-11-23-5-7-25(37)8-6-23/h5-10,12-13,17-18,21-22,24,28-29H,11,14-16,19-20H2,1-4H3,(H,40,46)(H,41,43)/t21-,22-,24+,28-,29?/m0/s1. The number of piperazine rings is 1. The molecule has 2 N–H and O–H groups in total. The molecule has 2 aromatic carbocycles. The van der Waals surface area contributed by atoms with Crippen LogP contribution < -0.4 is 16.2 Å². The van der Waals surface area contributed by atoms with E-state index in [9.17, 15) is 14.0 Å². The van der Waals surface area contributed by atoms with Crippen LogP contribution in [0, 0.1) is 29.0 Å². The summed E-state index contributed by atoms with van der Waals surface area (Å²) in [7, 11) is 0. The zero-order valence-electron chi connectivity index (χ0n) is 27.3. The van der Waals surface area contributed by atoms with Crippen LogP contribution in [0.5, 0.6) is 0 Å². The van der Waals surface area contributed by atoms with Gasteiger partial charge in [0.25, 0.3) is 5.56 Å². The zero-order valence-corrected chi connectivity index (χ0v) is 27.3. The molecule has 1 saturated heterocycles. The number of nitrogens with one attached hydrogen (secondary N) is 2. The maximum atomic E-state index is 14.0. The van der Waals surface area contributed by atoms with Crippen LogP contribution in [0.2, 0.25) is 0 Å². The number of hydrogen-bond donors (Lipinski definition) is 2. The zero-order chi connectivity index (χ0) is 32.9. The number of nitrogens with zero attached hydrogens (tertiary/aromatic N) is 6. The van der Waals surface area contributed by atoms with Crippen molar-refractivity contribution in [3.05, 3.63) is 82.8 Å². The molecule has 10 nitrogen and oxygen atoms in total. The molecule has 11 heteroatoms. The van der Waals surface area contributed by atoms with Crippen LogP contribution in [0.25, 0.3) is 22.4 Å². The van der Waals surface area contributed by atoms with Crippen LogP contribution in [-0.2, 0) is 17.8 Å². The van der Waals surface area contributed by atoms with Gasteiger partial charge in [0.05, 0.1) is 29.7 Å². The average molecular weight is 637 g/mol. The van der Waals surface area contributed by atoms with E-state index in [0.29, 0.717) is 71.1 Å². The van der Waals surface area contributed by atoms with Gasteiger partial charge in [0.1, 0.15) is 11.5 Å². The number of aromatic nitrogens is 4. The van der Waals surface area contributed by atoms with E-state index < -0.39 is 0 Å². The van der Waals surface area contributed by atoms with Gasteiger partial charge in [-0.05, 0) is 85.3 Å². The number of carbonyl (C=O) groups excluding carboxylic acids is 1. The van der Waals surface area contributed by atoms with Gasteiger partial charge >= 0.3 is 0 Å². The highest BCUT2D eigenvalue weighted by Gasteiger charge is 2.56. The molecule has 0 spiro atoms. The summed E-state index contributed by atoms with van der Waals surface area (Å²) in [5.74, 6) is 2.46. The summed E-state index contributed by atoms with van der Waals surface area (Å²) in [5.41, 5.74) is 2.77. The van der Waals surface area contributed by atoms with Crippen molar-refractivity contribution in [1.82, 2.24) is 29.7 Å². The van der Waals surface area contributed by atoms with Crippen LogP contribution >= 0.6 is 0 Å². The second-order valence-corrected chi connectivity index (χ2v) is 14.0. The highest BCUT2D eigenvalue weighted by Crippen LogP contribution is 2.61. The van der Waals surface area contributed by atoms with Gasteiger partial charge in [0.2, 0.25) is 5.91 Å². The molecule has 4 aromatic rings. The molecule has 2 aromatic heterocycles. The topological polar surface area (TPSA) is 117 Å². The summed E-state index contributed by atoms with van der Waals surface area (Å²) in [6.45, 7) is 10.3. The van der Waals surface area contributed by atoms with E-state index in [1.165, 1.54) is 18.6 Å². The number of hydrogen-bond acceptors (Lipinski definition) is 6. The van der Waals surface area contributed by atoms with Gasteiger partial charge < -0.3 is 15.5 Å². The van der Waals surface area contributed by atoms with E-state index in [2.05, 4.69) is 41.4 Å². The van der Waals surface area contributed by atoms with E-state index in [1.54, 1.807) is 41.4 Å². The largest absolute Gasteiger partial charge is 0.350 e. The van der Waals surface area contributed by atoms with E-state index in [-0.39, 0.29) is 35.9 Å². The van der Waals surface area contributed by atoms with Gasteiger partial charge in [-0.2, -0.15) is 0 Å². The fourth-order valence-electron chi connectivity index (χ4n) is 7.88. The van der Waals surface area contributed by atoms with Gasteiger partial charge in [0.15, 0.2) is 11.8 Å². The van der Waals surface area contributed by atoms with Crippen LogP contribution in [0.1, 0.15) is 46.1 Å². The summed E-state index contributed by atoms with van der Waals surface area (Å²) in [4.78, 5) is 47.5. The smallest absolute Gasteiger partial charge is 0.261 e. The number of anilines is 1. The first-order valence-corrected chi connectivity index (χ1v) is 16.5. The molecule has 1 amide bonds. The maximum absolute atomic E-state index is 14.0. The fourth-order valence-corrected chi connectivity index (χ4v) is 7.88. The Balaban J connectivity index is 1.24. The molecule has 3 aliphatic carbocycles. The molecule has 4 fully saturated rings. The first-order chi connectivity index (χ1) is 22.6. The van der Waals surface area contributed by atoms with E-state index in [1.807, 2.05) is 24.0 Å². The number of halogens is 1. The number of benzene rings is 2. The van der Waals surface area contributed by atoms with Crippen molar-refractivity contribution in [3.63, 3.8) is 0 Å². The normalized spacial score (nSPS) is 25.3. The Labute approximate surface area is 273 Å². The van der Waals surface area contributed by atoms with Crippen molar-refractivity contribution < 1.29 is 9.18 Å². The van der Waals surface area contributed by atoms with Crippen LogP contribution in [-0.4, -0.2) is 61.5 Å². The SMILES string of the molecule is C[C@@H]1C(/N=C(/Nc2ccc3c(=O)n(CCc4ccc(F)cc4)c(-c4cnccn4)nc3c2)N2CC(=O)N[C@@H](C)C2)C[C@H]2C[C@@H]1C2(C)C. The minimum absolute atomic E-state index is 0.0134.